The maximum Gasteiger partial charge on any atom is 0.271 e. The molecule has 0 atom stereocenters. The number of sulfonamides is 2. The molecule has 4 rings (SSSR count). The van der Waals surface area contributed by atoms with Crippen molar-refractivity contribution in [3.63, 3.8) is 0 Å². The van der Waals surface area contributed by atoms with E-state index in [2.05, 4.69) is 14.8 Å². The normalized spacial score (nSPS) is 11.8. The summed E-state index contributed by atoms with van der Waals surface area (Å²) in [6, 6.07) is 18.1. The molecule has 0 aliphatic rings. The van der Waals surface area contributed by atoms with E-state index in [1.807, 2.05) is 0 Å². The van der Waals surface area contributed by atoms with Crippen molar-refractivity contribution >= 4 is 48.7 Å². The van der Waals surface area contributed by atoms with Crippen molar-refractivity contribution in [2.24, 2.45) is 0 Å². The number of hydrogen-bond acceptors (Lipinski definition) is 7. The van der Waals surface area contributed by atoms with E-state index in [1.165, 1.54) is 60.9 Å². The Labute approximate surface area is 200 Å². The second-order valence-corrected chi connectivity index (χ2v) is 11.6. The molecule has 34 heavy (non-hydrogen) atoms. The average Bonchev–Trinajstić information content (AvgIpc) is 3.53. The number of hydrogen-bond donors (Lipinski definition) is 3. The first-order valence-corrected chi connectivity index (χ1v) is 13.7. The molecule has 0 bridgehead atoms. The molecule has 1 amide bonds. The first kappa shape index (κ1) is 23.7. The highest BCUT2D eigenvalue weighted by molar-refractivity contribution is 7.94. The number of anilines is 2. The van der Waals surface area contributed by atoms with Gasteiger partial charge in [0.2, 0.25) is 10.0 Å². The van der Waals surface area contributed by atoms with Gasteiger partial charge in [-0.1, -0.05) is 6.07 Å². The third kappa shape index (κ3) is 5.72. The molecule has 0 aliphatic carbocycles. The Morgan fingerprint density at radius 1 is 0.824 bits per heavy atom. The number of thiophene rings is 1. The number of amides is 1. The molecule has 0 saturated carbocycles. The van der Waals surface area contributed by atoms with Gasteiger partial charge in [-0.25, -0.2) is 21.6 Å². The van der Waals surface area contributed by atoms with Crippen molar-refractivity contribution in [2.75, 3.05) is 10.0 Å². The standard InChI is InChI=1S/C22H19N3O6S3/c26-22(16-5-7-18(8-6-16)25-34(29,30)21-4-2-14-32-21)24-17-9-11-20(12-10-17)33(27,28)23-15-19-3-1-13-31-19/h1-14,23,25H,15H2,(H,24,26). The van der Waals surface area contributed by atoms with Crippen molar-refractivity contribution in [1.82, 2.24) is 4.72 Å². The summed E-state index contributed by atoms with van der Waals surface area (Å²) in [4.78, 5) is 12.6. The molecule has 9 nitrogen and oxygen atoms in total. The lowest BCUT2D eigenvalue weighted by molar-refractivity contribution is 0.102. The zero-order chi connectivity index (χ0) is 24.2. The first-order valence-electron chi connectivity index (χ1n) is 9.83. The topological polar surface area (TPSA) is 135 Å². The SMILES string of the molecule is O=C(Nc1ccc(S(=O)(=O)NCc2ccco2)cc1)c1ccc(NS(=O)(=O)c2cccs2)cc1. The lowest BCUT2D eigenvalue weighted by Crippen LogP contribution is -2.23. The van der Waals surface area contributed by atoms with Crippen molar-refractivity contribution in [1.29, 1.82) is 0 Å². The van der Waals surface area contributed by atoms with Crippen LogP contribution in [-0.4, -0.2) is 22.7 Å². The smallest absolute Gasteiger partial charge is 0.271 e. The zero-order valence-electron chi connectivity index (χ0n) is 17.5. The highest BCUT2D eigenvalue weighted by Crippen LogP contribution is 2.21. The van der Waals surface area contributed by atoms with Crippen LogP contribution >= 0.6 is 11.3 Å². The van der Waals surface area contributed by atoms with Gasteiger partial charge in [0.1, 0.15) is 9.97 Å². The van der Waals surface area contributed by atoms with Gasteiger partial charge < -0.3 is 9.73 Å². The third-order valence-electron chi connectivity index (χ3n) is 4.60. The molecule has 0 fully saturated rings. The number of carbonyl (C=O) groups excluding carboxylic acids is 1. The second-order valence-electron chi connectivity index (χ2n) is 7.00. The van der Waals surface area contributed by atoms with Gasteiger partial charge in [0.25, 0.3) is 15.9 Å². The summed E-state index contributed by atoms with van der Waals surface area (Å²) in [6.45, 7) is 0.0211. The molecule has 2 heterocycles. The van der Waals surface area contributed by atoms with Crippen LogP contribution in [0.3, 0.4) is 0 Å². The van der Waals surface area contributed by atoms with Gasteiger partial charge in [-0.15, -0.1) is 11.3 Å². The summed E-state index contributed by atoms with van der Waals surface area (Å²) in [6.07, 6.45) is 1.46. The van der Waals surface area contributed by atoms with E-state index in [0.717, 1.165) is 11.3 Å². The van der Waals surface area contributed by atoms with Gasteiger partial charge in [0.15, 0.2) is 0 Å². The van der Waals surface area contributed by atoms with Gasteiger partial charge in [-0.05, 0) is 72.1 Å². The maximum atomic E-state index is 12.5. The Kier molecular flexibility index (Phi) is 6.84. The molecule has 12 heteroatoms. The minimum atomic E-state index is -3.75. The second kappa shape index (κ2) is 9.81. The molecule has 0 radical (unpaired) electrons. The number of nitrogens with one attached hydrogen (secondary N) is 3. The minimum Gasteiger partial charge on any atom is -0.468 e. The maximum absolute atomic E-state index is 12.5. The Morgan fingerprint density at radius 2 is 1.53 bits per heavy atom. The molecular formula is C22H19N3O6S3. The lowest BCUT2D eigenvalue weighted by Gasteiger charge is -2.09. The zero-order valence-corrected chi connectivity index (χ0v) is 19.9. The fourth-order valence-corrected chi connectivity index (χ4v) is 5.94. The van der Waals surface area contributed by atoms with Crippen LogP contribution in [0.4, 0.5) is 11.4 Å². The number of furan rings is 1. The first-order chi connectivity index (χ1) is 16.2. The largest absolute Gasteiger partial charge is 0.468 e. The third-order valence-corrected chi connectivity index (χ3v) is 8.79. The average molecular weight is 518 g/mol. The molecule has 0 spiro atoms. The highest BCUT2D eigenvalue weighted by atomic mass is 32.2. The van der Waals surface area contributed by atoms with E-state index in [0.29, 0.717) is 22.7 Å². The summed E-state index contributed by atoms with van der Waals surface area (Å²) >= 11 is 1.10. The molecule has 0 aliphatic heterocycles. The van der Waals surface area contributed by atoms with Gasteiger partial charge in [-0.3, -0.25) is 9.52 Å². The van der Waals surface area contributed by atoms with Crippen LogP contribution in [0.5, 0.6) is 0 Å². The molecule has 2 aromatic carbocycles. The Morgan fingerprint density at radius 3 is 2.15 bits per heavy atom. The predicted molar refractivity (Wildman–Crippen MR) is 129 cm³/mol. The monoisotopic (exact) mass is 517 g/mol. The van der Waals surface area contributed by atoms with Crippen LogP contribution < -0.4 is 14.8 Å². The summed E-state index contributed by atoms with van der Waals surface area (Å²) < 4.78 is 59.6. The van der Waals surface area contributed by atoms with Crippen molar-refractivity contribution in [3.05, 3.63) is 95.8 Å². The quantitative estimate of drug-likeness (QED) is 0.308. The van der Waals surface area contributed by atoms with Gasteiger partial charge in [-0.2, -0.15) is 0 Å². The van der Waals surface area contributed by atoms with E-state index in [4.69, 9.17) is 4.42 Å². The minimum absolute atomic E-state index is 0.0211. The molecule has 4 aromatic rings. The summed E-state index contributed by atoms with van der Waals surface area (Å²) in [5.74, 6) is 0.0528. The Balaban J connectivity index is 1.37. The molecule has 3 N–H and O–H groups in total. The molecule has 0 unspecified atom stereocenters. The molecular weight excluding hydrogens is 498 g/mol. The van der Waals surface area contributed by atoms with E-state index in [1.54, 1.807) is 23.6 Å². The van der Waals surface area contributed by atoms with Crippen LogP contribution in [0.2, 0.25) is 0 Å². The van der Waals surface area contributed by atoms with Gasteiger partial charge >= 0.3 is 0 Å². The van der Waals surface area contributed by atoms with Crippen LogP contribution in [0.25, 0.3) is 0 Å². The van der Waals surface area contributed by atoms with Crippen molar-refractivity contribution in [2.45, 2.75) is 15.6 Å². The highest BCUT2D eigenvalue weighted by Gasteiger charge is 2.16. The van der Waals surface area contributed by atoms with Crippen molar-refractivity contribution < 1.29 is 26.0 Å². The summed E-state index contributed by atoms with van der Waals surface area (Å²) in [7, 11) is -7.42. The Hall–Kier alpha value is -3.45. The van der Waals surface area contributed by atoms with E-state index >= 15 is 0 Å². The number of carbonyl (C=O) groups is 1. The van der Waals surface area contributed by atoms with E-state index in [9.17, 15) is 21.6 Å². The summed E-state index contributed by atoms with van der Waals surface area (Å²) in [5.41, 5.74) is 1.02. The van der Waals surface area contributed by atoms with Crippen LogP contribution in [0.15, 0.2) is 98.0 Å². The van der Waals surface area contributed by atoms with E-state index in [-0.39, 0.29) is 15.6 Å². The number of benzene rings is 2. The molecule has 2 aromatic heterocycles. The molecule has 0 saturated heterocycles. The predicted octanol–water partition coefficient (Wildman–Crippen LogP) is 3.87. The van der Waals surface area contributed by atoms with Gasteiger partial charge in [0.05, 0.1) is 17.7 Å². The molecule has 176 valence electrons. The Bertz CT molecular complexity index is 1460. The van der Waals surface area contributed by atoms with Crippen LogP contribution in [0, 0.1) is 0 Å². The van der Waals surface area contributed by atoms with Crippen LogP contribution in [-0.2, 0) is 26.6 Å². The fraction of sp³-hybridized carbons (Fsp3) is 0.0455. The van der Waals surface area contributed by atoms with Crippen molar-refractivity contribution in [3.8, 4) is 0 Å². The van der Waals surface area contributed by atoms with Gasteiger partial charge in [0, 0.05) is 16.9 Å². The van der Waals surface area contributed by atoms with Crippen LogP contribution in [0.1, 0.15) is 16.1 Å². The fourth-order valence-electron chi connectivity index (χ4n) is 2.89. The lowest BCUT2D eigenvalue weighted by atomic mass is 10.2. The van der Waals surface area contributed by atoms with E-state index < -0.39 is 26.0 Å². The summed E-state index contributed by atoms with van der Waals surface area (Å²) in [5, 5.41) is 4.34. The number of rotatable bonds is 9.